The molecule has 3 N–H and O–H groups in total. The molecule has 1 aliphatic rings. The van der Waals surface area contributed by atoms with Gasteiger partial charge in [-0.1, -0.05) is 0 Å². The smallest absolute Gasteiger partial charge is 0.440 e. The van der Waals surface area contributed by atoms with Crippen LogP contribution in [-0.2, 0) is 4.74 Å². The molecule has 6 nitrogen and oxygen atoms in total. The zero-order chi connectivity index (χ0) is 8.97. The summed E-state index contributed by atoms with van der Waals surface area (Å²) in [6, 6.07) is 0. The first-order valence-electron chi connectivity index (χ1n) is 3.89. The van der Waals surface area contributed by atoms with Gasteiger partial charge in [0.1, 0.15) is 0 Å². The van der Waals surface area contributed by atoms with Crippen molar-refractivity contribution in [2.45, 2.75) is 12.8 Å². The number of methoxy groups -OCH3 is 1. The minimum atomic E-state index is -0.565. The Labute approximate surface area is 71.2 Å². The molecule has 0 unspecified atom stereocenters. The number of rotatable bonds is 1. The lowest BCUT2D eigenvalue weighted by Crippen LogP contribution is -2.59. The van der Waals surface area contributed by atoms with Crippen LogP contribution in [-0.4, -0.2) is 36.5 Å². The first-order chi connectivity index (χ1) is 5.75. The lowest BCUT2D eigenvalue weighted by molar-refractivity contribution is -0.0685. The average molecular weight is 174 g/mol. The molecule has 0 aromatic carbocycles. The van der Waals surface area contributed by atoms with E-state index in [0.717, 1.165) is 31.0 Å². The lowest BCUT2D eigenvalue weighted by atomic mass is 10.3. The first kappa shape index (κ1) is 9.24. The van der Waals surface area contributed by atoms with Crippen LogP contribution in [0.5, 0.6) is 0 Å². The van der Waals surface area contributed by atoms with Crippen LogP contribution in [0.3, 0.4) is 0 Å². The van der Waals surface area contributed by atoms with Crippen molar-refractivity contribution >= 4 is 6.09 Å². The fourth-order valence-corrected chi connectivity index (χ4v) is 1.05. The van der Waals surface area contributed by atoms with Gasteiger partial charge in [0.05, 0.1) is 7.11 Å². The van der Waals surface area contributed by atoms with E-state index in [0.29, 0.717) is 0 Å². The largest absolute Gasteiger partial charge is 0.451 e. The minimum absolute atomic E-state index is 0.565. The monoisotopic (exact) mass is 174 g/mol. The second-order valence-electron chi connectivity index (χ2n) is 2.55. The van der Waals surface area contributed by atoms with Crippen molar-refractivity contribution in [3.8, 4) is 0 Å². The van der Waals surface area contributed by atoms with Crippen LogP contribution in [0.1, 0.15) is 12.8 Å². The first-order valence-corrected chi connectivity index (χ1v) is 3.89. The molecule has 6 heteroatoms. The lowest BCUT2D eigenvalue weighted by Gasteiger charge is -2.32. The van der Waals surface area contributed by atoms with E-state index in [9.17, 15) is 4.79 Å². The van der Waals surface area contributed by atoms with Crippen LogP contribution in [0.4, 0.5) is 4.79 Å². The summed E-state index contributed by atoms with van der Waals surface area (Å²) in [6.07, 6.45) is 1.56. The number of carbonyl (C=O) groups is 1. The van der Waals surface area contributed by atoms with Gasteiger partial charge in [-0.15, -0.1) is 5.12 Å². The SMILES string of the molecule is COC(=O)N(N)N1CCCCN1. The van der Waals surface area contributed by atoms with Crippen molar-refractivity contribution in [2.24, 2.45) is 5.84 Å². The maximum Gasteiger partial charge on any atom is 0.440 e. The third-order valence-corrected chi connectivity index (χ3v) is 1.71. The summed E-state index contributed by atoms with van der Waals surface area (Å²) < 4.78 is 4.45. The number of amides is 1. The quantitative estimate of drug-likeness (QED) is 0.317. The van der Waals surface area contributed by atoms with Gasteiger partial charge in [0.15, 0.2) is 0 Å². The summed E-state index contributed by atoms with van der Waals surface area (Å²) in [4.78, 5) is 10.9. The molecule has 12 heavy (non-hydrogen) atoms. The number of hydrazine groups is 3. The molecule has 0 aromatic heterocycles. The molecule has 0 aliphatic carbocycles. The molecular weight excluding hydrogens is 160 g/mol. The molecule has 70 valence electrons. The van der Waals surface area contributed by atoms with Crippen molar-refractivity contribution in [3.05, 3.63) is 0 Å². The number of nitrogens with two attached hydrogens (primary N) is 1. The Kier molecular flexibility index (Phi) is 3.27. The number of nitrogens with zero attached hydrogens (tertiary/aromatic N) is 2. The van der Waals surface area contributed by atoms with Crippen molar-refractivity contribution in [2.75, 3.05) is 20.2 Å². The number of hydrogen-bond acceptors (Lipinski definition) is 5. The molecule has 0 atom stereocenters. The van der Waals surface area contributed by atoms with E-state index >= 15 is 0 Å². The zero-order valence-corrected chi connectivity index (χ0v) is 7.12. The highest BCUT2D eigenvalue weighted by molar-refractivity contribution is 5.65. The van der Waals surface area contributed by atoms with E-state index in [4.69, 9.17) is 5.84 Å². The average Bonchev–Trinajstić information content (AvgIpc) is 2.17. The highest BCUT2D eigenvalue weighted by Crippen LogP contribution is 2.01. The van der Waals surface area contributed by atoms with Gasteiger partial charge in [0.2, 0.25) is 0 Å². The van der Waals surface area contributed by atoms with Gasteiger partial charge in [-0.2, -0.15) is 5.12 Å². The normalized spacial score (nSPS) is 18.8. The van der Waals surface area contributed by atoms with Crippen LogP contribution >= 0.6 is 0 Å². The van der Waals surface area contributed by atoms with Gasteiger partial charge in [-0.05, 0) is 12.8 Å². The van der Waals surface area contributed by atoms with Crippen molar-refractivity contribution in [3.63, 3.8) is 0 Å². The van der Waals surface area contributed by atoms with Gasteiger partial charge in [-0.3, -0.25) is 0 Å². The van der Waals surface area contributed by atoms with Gasteiger partial charge in [0, 0.05) is 13.1 Å². The van der Waals surface area contributed by atoms with E-state index in [2.05, 4.69) is 10.2 Å². The highest BCUT2D eigenvalue weighted by atomic mass is 16.6. The fraction of sp³-hybridized carbons (Fsp3) is 0.833. The summed E-state index contributed by atoms with van der Waals surface area (Å²) in [5.41, 5.74) is 2.97. The number of carbonyl (C=O) groups excluding carboxylic acids is 1. The van der Waals surface area contributed by atoms with Crippen LogP contribution in [0.2, 0.25) is 0 Å². The van der Waals surface area contributed by atoms with Gasteiger partial charge in [0.25, 0.3) is 0 Å². The van der Waals surface area contributed by atoms with Crippen LogP contribution in [0, 0.1) is 0 Å². The summed E-state index contributed by atoms with van der Waals surface area (Å²) >= 11 is 0. The molecule has 0 radical (unpaired) electrons. The predicted octanol–water partition coefficient (Wildman–Crippen LogP) is -0.556. The number of hydrogen-bond donors (Lipinski definition) is 2. The molecule has 1 saturated heterocycles. The molecule has 1 fully saturated rings. The molecule has 1 rings (SSSR count). The number of ether oxygens (including phenoxy) is 1. The molecule has 0 saturated carbocycles. The fourth-order valence-electron chi connectivity index (χ4n) is 1.05. The van der Waals surface area contributed by atoms with E-state index in [1.165, 1.54) is 7.11 Å². The van der Waals surface area contributed by atoms with Crippen LogP contribution < -0.4 is 11.3 Å². The van der Waals surface area contributed by atoms with Crippen LogP contribution in [0.15, 0.2) is 0 Å². The molecular formula is C6H14N4O2. The van der Waals surface area contributed by atoms with Gasteiger partial charge < -0.3 is 4.74 Å². The molecule has 0 spiro atoms. The molecule has 1 amide bonds. The second kappa shape index (κ2) is 4.24. The van der Waals surface area contributed by atoms with E-state index in [1.807, 2.05) is 0 Å². The van der Waals surface area contributed by atoms with E-state index < -0.39 is 6.09 Å². The second-order valence-corrected chi connectivity index (χ2v) is 2.55. The maximum absolute atomic E-state index is 10.9. The third kappa shape index (κ3) is 2.07. The summed E-state index contributed by atoms with van der Waals surface area (Å²) in [5.74, 6) is 5.42. The van der Waals surface area contributed by atoms with Crippen LogP contribution in [0.25, 0.3) is 0 Å². The molecule has 1 heterocycles. The van der Waals surface area contributed by atoms with Gasteiger partial charge >= 0.3 is 6.09 Å². The Hall–Kier alpha value is -0.850. The Balaban J connectivity index is 2.39. The Morgan fingerprint density at radius 2 is 2.42 bits per heavy atom. The van der Waals surface area contributed by atoms with E-state index in [1.54, 1.807) is 5.12 Å². The maximum atomic E-state index is 10.9. The Morgan fingerprint density at radius 1 is 1.67 bits per heavy atom. The summed E-state index contributed by atoms with van der Waals surface area (Å²) in [7, 11) is 1.30. The topological polar surface area (TPSA) is 70.8 Å². The highest BCUT2D eigenvalue weighted by Gasteiger charge is 2.19. The standard InChI is InChI=1S/C6H14N4O2/c1-12-6(11)10(7)9-5-3-2-4-8-9/h8H,2-5,7H2,1H3. The van der Waals surface area contributed by atoms with Crippen molar-refractivity contribution in [1.82, 2.24) is 15.7 Å². The molecule has 1 aliphatic heterocycles. The minimum Gasteiger partial charge on any atom is -0.451 e. The molecule has 0 aromatic rings. The Bertz CT molecular complexity index is 158. The third-order valence-electron chi connectivity index (χ3n) is 1.71. The molecule has 0 bridgehead atoms. The Morgan fingerprint density at radius 3 is 2.92 bits per heavy atom. The van der Waals surface area contributed by atoms with Crippen molar-refractivity contribution in [1.29, 1.82) is 0 Å². The summed E-state index contributed by atoms with van der Waals surface area (Å²) in [6.45, 7) is 1.57. The number of nitrogens with one attached hydrogen (secondary N) is 1. The van der Waals surface area contributed by atoms with E-state index in [-0.39, 0.29) is 0 Å². The van der Waals surface area contributed by atoms with Gasteiger partial charge in [-0.25, -0.2) is 16.1 Å². The van der Waals surface area contributed by atoms with Crippen molar-refractivity contribution < 1.29 is 9.53 Å². The zero-order valence-electron chi connectivity index (χ0n) is 7.12. The predicted molar refractivity (Wildman–Crippen MR) is 42.4 cm³/mol. The summed E-state index contributed by atoms with van der Waals surface area (Å²) in [5, 5.41) is 2.49.